The van der Waals surface area contributed by atoms with Crippen molar-refractivity contribution in [3.8, 4) is 5.75 Å². The van der Waals surface area contributed by atoms with Crippen LogP contribution in [-0.4, -0.2) is 10.1 Å². The molecule has 0 fully saturated rings. The zero-order valence-electron chi connectivity index (χ0n) is 6.46. The molecule has 2 rings (SSSR count). The first-order valence-electron chi connectivity index (χ1n) is 3.61. The van der Waals surface area contributed by atoms with E-state index >= 15 is 0 Å². The Hall–Kier alpha value is -1.35. The molecule has 0 aliphatic rings. The number of hydrogen-bond donors (Lipinski definition) is 1. The average Bonchev–Trinajstić information content (AvgIpc) is 2.12. The Bertz CT molecular complexity index is 472. The Balaban J connectivity index is 2.92. The van der Waals surface area contributed by atoms with Crippen LogP contribution in [-0.2, 0) is 0 Å². The van der Waals surface area contributed by atoms with Crippen molar-refractivity contribution in [1.82, 2.24) is 4.98 Å². The van der Waals surface area contributed by atoms with Gasteiger partial charge in [0, 0.05) is 5.39 Å². The summed E-state index contributed by atoms with van der Waals surface area (Å²) < 4.78 is 13.1. The first-order chi connectivity index (χ1) is 6.18. The van der Waals surface area contributed by atoms with E-state index in [1.54, 1.807) is 0 Å². The number of rotatable bonds is 0. The van der Waals surface area contributed by atoms with Crippen molar-refractivity contribution in [3.63, 3.8) is 0 Å². The summed E-state index contributed by atoms with van der Waals surface area (Å²) in [7, 11) is 0. The minimum absolute atomic E-state index is 0.0278. The van der Waals surface area contributed by atoms with Crippen LogP contribution >= 0.6 is 11.6 Å². The maximum Gasteiger partial charge on any atom is 0.149 e. The van der Waals surface area contributed by atoms with E-state index in [1.165, 1.54) is 24.4 Å². The molecule has 0 saturated carbocycles. The molecule has 1 aromatic heterocycles. The lowest BCUT2D eigenvalue weighted by molar-refractivity contribution is 0.473. The summed E-state index contributed by atoms with van der Waals surface area (Å²) in [5.74, 6) is -0.473. The number of fused-ring (bicyclic) bond motifs is 1. The van der Waals surface area contributed by atoms with Gasteiger partial charge in [0.05, 0.1) is 11.2 Å². The van der Waals surface area contributed by atoms with Crippen molar-refractivity contribution >= 4 is 22.5 Å². The normalized spacial score (nSPS) is 10.6. The smallest absolute Gasteiger partial charge is 0.149 e. The average molecular weight is 198 g/mol. The highest BCUT2D eigenvalue weighted by molar-refractivity contribution is 6.35. The molecule has 0 atom stereocenters. The van der Waals surface area contributed by atoms with Crippen LogP contribution in [0.1, 0.15) is 0 Å². The van der Waals surface area contributed by atoms with Crippen LogP contribution in [0.4, 0.5) is 4.39 Å². The van der Waals surface area contributed by atoms with Crippen molar-refractivity contribution in [3.05, 3.63) is 35.2 Å². The first kappa shape index (κ1) is 8.26. The number of halogens is 2. The summed E-state index contributed by atoms with van der Waals surface area (Å²) in [6, 6.07) is 4.06. The van der Waals surface area contributed by atoms with Crippen molar-refractivity contribution < 1.29 is 9.50 Å². The van der Waals surface area contributed by atoms with Gasteiger partial charge >= 0.3 is 0 Å². The number of hydrogen-bond acceptors (Lipinski definition) is 2. The lowest BCUT2D eigenvalue weighted by Crippen LogP contribution is -1.84. The van der Waals surface area contributed by atoms with Gasteiger partial charge in [0.2, 0.25) is 0 Å². The second-order valence-corrected chi connectivity index (χ2v) is 3.03. The van der Waals surface area contributed by atoms with E-state index in [4.69, 9.17) is 16.7 Å². The Kier molecular flexibility index (Phi) is 1.81. The van der Waals surface area contributed by atoms with Crippen LogP contribution in [0.25, 0.3) is 10.9 Å². The molecule has 1 heterocycles. The summed E-state index contributed by atoms with van der Waals surface area (Å²) in [6.45, 7) is 0. The maximum absolute atomic E-state index is 13.1. The fourth-order valence-corrected chi connectivity index (χ4v) is 1.35. The SMILES string of the molecule is Oc1cnc2c(F)ccc(Cl)c2c1. The molecule has 2 aromatic rings. The molecule has 4 heteroatoms. The molecule has 1 N–H and O–H groups in total. The van der Waals surface area contributed by atoms with Gasteiger partial charge in [-0.25, -0.2) is 9.37 Å². The van der Waals surface area contributed by atoms with E-state index in [0.717, 1.165) is 0 Å². The molecule has 2 nitrogen and oxygen atoms in total. The van der Waals surface area contributed by atoms with Gasteiger partial charge in [0.15, 0.2) is 0 Å². The molecule has 0 amide bonds. The number of nitrogens with zero attached hydrogens (tertiary/aromatic N) is 1. The van der Waals surface area contributed by atoms with E-state index in [9.17, 15) is 4.39 Å². The molecule has 0 bridgehead atoms. The number of aromatic hydroxyl groups is 1. The second-order valence-electron chi connectivity index (χ2n) is 2.62. The molecule has 1 aromatic carbocycles. The summed E-state index contributed by atoms with van der Waals surface area (Å²) in [4.78, 5) is 3.73. The summed E-state index contributed by atoms with van der Waals surface area (Å²) in [5, 5.41) is 9.90. The Labute approximate surface area is 78.6 Å². The molecule has 0 radical (unpaired) electrons. The lowest BCUT2D eigenvalue weighted by atomic mass is 10.2. The lowest BCUT2D eigenvalue weighted by Gasteiger charge is -2.00. The molecule has 0 saturated heterocycles. The largest absolute Gasteiger partial charge is 0.506 e. The van der Waals surface area contributed by atoms with Gasteiger partial charge in [0.25, 0.3) is 0 Å². The quantitative estimate of drug-likeness (QED) is 0.705. The van der Waals surface area contributed by atoms with Crippen LogP contribution in [0.3, 0.4) is 0 Å². The Morgan fingerprint density at radius 1 is 1.38 bits per heavy atom. The summed E-state index contributed by atoms with van der Waals surface area (Å²) in [5.41, 5.74) is 0.172. The predicted molar refractivity (Wildman–Crippen MR) is 48.4 cm³/mol. The van der Waals surface area contributed by atoms with E-state index < -0.39 is 5.82 Å². The first-order valence-corrected chi connectivity index (χ1v) is 3.99. The molecule has 0 aliphatic heterocycles. The van der Waals surface area contributed by atoms with Gasteiger partial charge < -0.3 is 5.11 Å². The highest BCUT2D eigenvalue weighted by Gasteiger charge is 2.05. The predicted octanol–water partition coefficient (Wildman–Crippen LogP) is 2.73. The van der Waals surface area contributed by atoms with Crippen LogP contribution in [0.15, 0.2) is 24.4 Å². The van der Waals surface area contributed by atoms with Crippen molar-refractivity contribution in [2.75, 3.05) is 0 Å². The number of pyridine rings is 1. The third-order valence-corrected chi connectivity index (χ3v) is 2.06. The summed E-state index contributed by atoms with van der Waals surface area (Å²) in [6.07, 6.45) is 1.18. The molecular formula is C9H5ClFNO. The topological polar surface area (TPSA) is 33.1 Å². The van der Waals surface area contributed by atoms with Gasteiger partial charge in [-0.15, -0.1) is 0 Å². The molecule has 0 spiro atoms. The van der Waals surface area contributed by atoms with E-state index in [0.29, 0.717) is 10.4 Å². The minimum atomic E-state index is -0.445. The van der Waals surface area contributed by atoms with E-state index in [2.05, 4.69) is 4.98 Å². The second kappa shape index (κ2) is 2.85. The highest BCUT2D eigenvalue weighted by Crippen LogP contribution is 2.26. The Morgan fingerprint density at radius 3 is 2.92 bits per heavy atom. The van der Waals surface area contributed by atoms with Gasteiger partial charge in [-0.2, -0.15) is 0 Å². The van der Waals surface area contributed by atoms with E-state index in [1.807, 2.05) is 0 Å². The standard InChI is InChI=1S/C9H5ClFNO/c10-7-1-2-8(11)9-6(7)3-5(13)4-12-9/h1-4,13H. The molecular weight excluding hydrogens is 193 g/mol. The fourth-order valence-electron chi connectivity index (χ4n) is 1.14. The van der Waals surface area contributed by atoms with Crippen LogP contribution in [0.5, 0.6) is 5.75 Å². The third-order valence-electron chi connectivity index (χ3n) is 1.73. The Morgan fingerprint density at radius 2 is 2.15 bits per heavy atom. The van der Waals surface area contributed by atoms with Crippen LogP contribution in [0, 0.1) is 5.82 Å². The minimum Gasteiger partial charge on any atom is -0.506 e. The molecule has 0 aliphatic carbocycles. The van der Waals surface area contributed by atoms with Crippen molar-refractivity contribution in [2.24, 2.45) is 0 Å². The monoisotopic (exact) mass is 197 g/mol. The van der Waals surface area contributed by atoms with Gasteiger partial charge in [-0.05, 0) is 18.2 Å². The maximum atomic E-state index is 13.1. The number of benzene rings is 1. The van der Waals surface area contributed by atoms with Crippen molar-refractivity contribution in [1.29, 1.82) is 0 Å². The zero-order valence-corrected chi connectivity index (χ0v) is 7.22. The molecule has 66 valence electrons. The van der Waals surface area contributed by atoms with Crippen molar-refractivity contribution in [2.45, 2.75) is 0 Å². The highest BCUT2D eigenvalue weighted by atomic mass is 35.5. The van der Waals surface area contributed by atoms with Gasteiger partial charge in [-0.3, -0.25) is 0 Å². The van der Waals surface area contributed by atoms with Crippen LogP contribution < -0.4 is 0 Å². The molecule has 0 unspecified atom stereocenters. The van der Waals surface area contributed by atoms with Gasteiger partial charge in [-0.1, -0.05) is 11.6 Å². The zero-order chi connectivity index (χ0) is 9.42. The summed E-state index contributed by atoms with van der Waals surface area (Å²) >= 11 is 5.78. The fraction of sp³-hybridized carbons (Fsp3) is 0. The van der Waals surface area contributed by atoms with Crippen LogP contribution in [0.2, 0.25) is 5.02 Å². The van der Waals surface area contributed by atoms with Gasteiger partial charge in [0.1, 0.15) is 17.1 Å². The molecule has 13 heavy (non-hydrogen) atoms. The van der Waals surface area contributed by atoms with E-state index in [-0.39, 0.29) is 11.3 Å². The third kappa shape index (κ3) is 1.31. The number of aromatic nitrogens is 1.